The smallest absolute Gasteiger partial charge is 0.147 e. The summed E-state index contributed by atoms with van der Waals surface area (Å²) in [6.07, 6.45) is 1.55. The summed E-state index contributed by atoms with van der Waals surface area (Å²) in [4.78, 5) is 3.91. The Morgan fingerprint density at radius 3 is 2.69 bits per heavy atom. The van der Waals surface area contributed by atoms with Crippen LogP contribution in [0.1, 0.15) is 0 Å². The standard InChI is InChI=1S/C11H9BrFN3/c12-7-1-3-10(9(13)5-7)16-8-2-4-11(14)15-6-8/h1-6,16H,(H2,14,15). The minimum absolute atomic E-state index is 0.328. The molecule has 1 heterocycles. The normalized spacial score (nSPS) is 10.1. The van der Waals surface area contributed by atoms with Gasteiger partial charge in [0, 0.05) is 4.47 Å². The van der Waals surface area contributed by atoms with Crippen LogP contribution in [-0.4, -0.2) is 4.98 Å². The van der Waals surface area contributed by atoms with Gasteiger partial charge in [-0.1, -0.05) is 15.9 Å². The molecule has 0 fully saturated rings. The molecule has 1 aromatic heterocycles. The molecule has 0 amide bonds. The van der Waals surface area contributed by atoms with E-state index in [1.807, 2.05) is 0 Å². The van der Waals surface area contributed by atoms with E-state index < -0.39 is 0 Å². The third-order valence-electron chi connectivity index (χ3n) is 2.00. The molecule has 0 radical (unpaired) electrons. The summed E-state index contributed by atoms with van der Waals surface area (Å²) in [6.45, 7) is 0. The summed E-state index contributed by atoms with van der Waals surface area (Å²) in [7, 11) is 0. The van der Waals surface area contributed by atoms with Gasteiger partial charge in [0.1, 0.15) is 11.6 Å². The number of benzene rings is 1. The van der Waals surface area contributed by atoms with Crippen LogP contribution in [0, 0.1) is 5.82 Å². The Balaban J connectivity index is 2.23. The number of nitrogens with zero attached hydrogens (tertiary/aromatic N) is 1. The molecule has 0 aliphatic carbocycles. The first-order valence-corrected chi connectivity index (χ1v) is 5.38. The highest BCUT2D eigenvalue weighted by atomic mass is 79.9. The van der Waals surface area contributed by atoms with Crippen LogP contribution in [0.2, 0.25) is 0 Å². The van der Waals surface area contributed by atoms with Crippen molar-refractivity contribution in [3.63, 3.8) is 0 Å². The van der Waals surface area contributed by atoms with E-state index in [9.17, 15) is 4.39 Å². The minimum atomic E-state index is -0.328. The van der Waals surface area contributed by atoms with Crippen LogP contribution in [0.3, 0.4) is 0 Å². The highest BCUT2D eigenvalue weighted by Gasteiger charge is 2.02. The van der Waals surface area contributed by atoms with Crippen molar-refractivity contribution in [2.75, 3.05) is 11.1 Å². The molecule has 0 aliphatic rings. The second-order valence-corrected chi connectivity index (χ2v) is 4.14. The van der Waals surface area contributed by atoms with Crippen molar-refractivity contribution in [2.24, 2.45) is 0 Å². The van der Waals surface area contributed by atoms with Gasteiger partial charge in [0.2, 0.25) is 0 Å². The van der Waals surface area contributed by atoms with E-state index in [1.54, 1.807) is 30.5 Å². The molecule has 3 N–H and O–H groups in total. The lowest BCUT2D eigenvalue weighted by Gasteiger charge is -2.07. The Bertz CT molecular complexity index is 499. The highest BCUT2D eigenvalue weighted by molar-refractivity contribution is 9.10. The number of rotatable bonds is 2. The largest absolute Gasteiger partial charge is 0.384 e. The van der Waals surface area contributed by atoms with Crippen LogP contribution in [0.4, 0.5) is 21.6 Å². The molecule has 2 rings (SSSR count). The minimum Gasteiger partial charge on any atom is -0.384 e. The van der Waals surface area contributed by atoms with Gasteiger partial charge in [0.15, 0.2) is 0 Å². The van der Waals surface area contributed by atoms with Crippen molar-refractivity contribution in [3.05, 3.63) is 46.8 Å². The van der Waals surface area contributed by atoms with Gasteiger partial charge in [-0.25, -0.2) is 9.37 Å². The van der Waals surface area contributed by atoms with E-state index in [4.69, 9.17) is 5.73 Å². The monoisotopic (exact) mass is 281 g/mol. The van der Waals surface area contributed by atoms with Gasteiger partial charge in [-0.15, -0.1) is 0 Å². The van der Waals surface area contributed by atoms with Gasteiger partial charge < -0.3 is 11.1 Å². The summed E-state index contributed by atoms with van der Waals surface area (Å²) < 4.78 is 14.2. The molecule has 2 aromatic rings. The molecular weight excluding hydrogens is 273 g/mol. The second-order valence-electron chi connectivity index (χ2n) is 3.22. The Morgan fingerprint density at radius 1 is 1.25 bits per heavy atom. The molecule has 82 valence electrons. The zero-order valence-electron chi connectivity index (χ0n) is 8.24. The summed E-state index contributed by atoms with van der Waals surface area (Å²) >= 11 is 3.19. The zero-order chi connectivity index (χ0) is 11.5. The molecule has 0 spiro atoms. The van der Waals surface area contributed by atoms with Gasteiger partial charge in [-0.05, 0) is 30.3 Å². The third-order valence-corrected chi connectivity index (χ3v) is 2.49. The van der Waals surface area contributed by atoms with Gasteiger partial charge >= 0.3 is 0 Å². The molecule has 0 aliphatic heterocycles. The molecule has 5 heteroatoms. The molecule has 0 saturated heterocycles. The molecule has 16 heavy (non-hydrogen) atoms. The van der Waals surface area contributed by atoms with Gasteiger partial charge in [0.25, 0.3) is 0 Å². The highest BCUT2D eigenvalue weighted by Crippen LogP contribution is 2.22. The fourth-order valence-electron chi connectivity index (χ4n) is 1.23. The van der Waals surface area contributed by atoms with E-state index in [2.05, 4.69) is 26.2 Å². The predicted molar refractivity (Wildman–Crippen MR) is 66.0 cm³/mol. The first-order valence-electron chi connectivity index (χ1n) is 4.59. The van der Waals surface area contributed by atoms with Crippen molar-refractivity contribution in [3.8, 4) is 0 Å². The van der Waals surface area contributed by atoms with E-state index >= 15 is 0 Å². The maximum absolute atomic E-state index is 13.5. The number of hydrogen-bond acceptors (Lipinski definition) is 3. The van der Waals surface area contributed by atoms with Gasteiger partial charge in [-0.3, -0.25) is 0 Å². The SMILES string of the molecule is Nc1ccc(Nc2ccc(Br)cc2F)cn1. The Labute approximate surface area is 101 Å². The average molecular weight is 282 g/mol. The number of nitrogens with two attached hydrogens (primary N) is 1. The van der Waals surface area contributed by atoms with Crippen LogP contribution in [0.15, 0.2) is 41.0 Å². The predicted octanol–water partition coefficient (Wildman–Crippen LogP) is 3.31. The summed E-state index contributed by atoms with van der Waals surface area (Å²) in [5.74, 6) is 0.105. The molecule has 1 aromatic carbocycles. The fraction of sp³-hybridized carbons (Fsp3) is 0. The summed E-state index contributed by atoms with van der Waals surface area (Å²) in [5, 5.41) is 2.91. The Kier molecular flexibility index (Phi) is 3.05. The Morgan fingerprint density at radius 2 is 2.06 bits per heavy atom. The first kappa shape index (κ1) is 10.9. The molecule has 0 unspecified atom stereocenters. The maximum Gasteiger partial charge on any atom is 0.147 e. The van der Waals surface area contributed by atoms with E-state index in [0.717, 1.165) is 0 Å². The number of anilines is 3. The lowest BCUT2D eigenvalue weighted by atomic mass is 10.3. The van der Waals surface area contributed by atoms with Crippen LogP contribution < -0.4 is 11.1 Å². The summed E-state index contributed by atoms with van der Waals surface area (Å²) in [5.41, 5.74) is 6.54. The number of hydrogen-bond donors (Lipinski definition) is 2. The molecule has 0 saturated carbocycles. The van der Waals surface area contributed by atoms with Gasteiger partial charge in [-0.2, -0.15) is 0 Å². The van der Waals surface area contributed by atoms with E-state index in [0.29, 0.717) is 21.7 Å². The number of aromatic nitrogens is 1. The first-order chi connectivity index (χ1) is 7.65. The molecule has 0 bridgehead atoms. The number of nitrogen functional groups attached to an aromatic ring is 1. The summed E-state index contributed by atoms with van der Waals surface area (Å²) in [6, 6.07) is 8.20. The second kappa shape index (κ2) is 4.49. The van der Waals surface area contributed by atoms with Crippen molar-refractivity contribution >= 4 is 33.1 Å². The van der Waals surface area contributed by atoms with Crippen molar-refractivity contribution < 1.29 is 4.39 Å². The maximum atomic E-state index is 13.5. The van der Waals surface area contributed by atoms with Crippen molar-refractivity contribution in [1.82, 2.24) is 4.98 Å². The van der Waals surface area contributed by atoms with Gasteiger partial charge in [0.05, 0.1) is 17.6 Å². The third kappa shape index (κ3) is 2.49. The Hall–Kier alpha value is -1.62. The van der Waals surface area contributed by atoms with Crippen LogP contribution in [-0.2, 0) is 0 Å². The molecular formula is C11H9BrFN3. The average Bonchev–Trinajstić information content (AvgIpc) is 2.25. The molecule has 3 nitrogen and oxygen atoms in total. The van der Waals surface area contributed by atoms with Crippen LogP contribution in [0.25, 0.3) is 0 Å². The zero-order valence-corrected chi connectivity index (χ0v) is 9.83. The van der Waals surface area contributed by atoms with Crippen molar-refractivity contribution in [2.45, 2.75) is 0 Å². The van der Waals surface area contributed by atoms with Crippen LogP contribution >= 0.6 is 15.9 Å². The van der Waals surface area contributed by atoms with E-state index in [1.165, 1.54) is 6.07 Å². The lowest BCUT2D eigenvalue weighted by Crippen LogP contribution is -1.95. The molecule has 0 atom stereocenters. The quantitative estimate of drug-likeness (QED) is 0.888. The fourth-order valence-corrected chi connectivity index (χ4v) is 1.56. The topological polar surface area (TPSA) is 50.9 Å². The van der Waals surface area contributed by atoms with E-state index in [-0.39, 0.29) is 5.82 Å². The van der Waals surface area contributed by atoms with Crippen molar-refractivity contribution in [1.29, 1.82) is 0 Å². The number of nitrogens with one attached hydrogen (secondary N) is 1. The van der Waals surface area contributed by atoms with Crippen LogP contribution in [0.5, 0.6) is 0 Å². The lowest BCUT2D eigenvalue weighted by molar-refractivity contribution is 0.631. The number of pyridine rings is 1. The number of halogens is 2.